The smallest absolute Gasteiger partial charge is 0.306 e. The average Bonchev–Trinajstić information content (AvgIpc) is 3.64. The van der Waals surface area contributed by atoms with Crippen LogP contribution in [0, 0.1) is 29.1 Å². The number of hydrogen-bond donors (Lipinski definition) is 0. The van der Waals surface area contributed by atoms with Crippen molar-refractivity contribution in [2.75, 3.05) is 32.8 Å². The van der Waals surface area contributed by atoms with Crippen molar-refractivity contribution in [1.29, 1.82) is 0 Å². The highest BCUT2D eigenvalue weighted by Crippen LogP contribution is 2.58. The first kappa shape index (κ1) is 47.8. The summed E-state index contributed by atoms with van der Waals surface area (Å²) in [5, 5.41) is 0. The maximum Gasteiger partial charge on any atom is 0.306 e. The van der Waals surface area contributed by atoms with Crippen LogP contribution >= 0.6 is 0 Å². The van der Waals surface area contributed by atoms with Crippen molar-refractivity contribution in [3.8, 4) is 0 Å². The van der Waals surface area contributed by atoms with Gasteiger partial charge in [0.05, 0.1) is 26.0 Å². The van der Waals surface area contributed by atoms with E-state index >= 15 is 0 Å². The minimum absolute atomic E-state index is 0.0101. The van der Waals surface area contributed by atoms with Crippen molar-refractivity contribution in [3.63, 3.8) is 0 Å². The largest absolute Gasteiger partial charge is 0.466 e. The maximum absolute atomic E-state index is 12.9. The van der Waals surface area contributed by atoms with Crippen molar-refractivity contribution < 1.29 is 19.1 Å². The molecule has 0 aromatic carbocycles. The fourth-order valence-electron chi connectivity index (χ4n) is 11.1. The van der Waals surface area contributed by atoms with Gasteiger partial charge in [0.25, 0.3) is 0 Å². The lowest BCUT2D eigenvalue weighted by atomic mass is 9.60. The first-order chi connectivity index (χ1) is 28.0. The average molecular weight is 796 g/mol. The van der Waals surface area contributed by atoms with Crippen molar-refractivity contribution in [1.82, 2.24) is 14.5 Å². The van der Waals surface area contributed by atoms with Gasteiger partial charge in [0.1, 0.15) is 0 Å². The van der Waals surface area contributed by atoms with E-state index in [2.05, 4.69) is 34.5 Å². The molecule has 0 N–H and O–H groups in total. The molecule has 0 aliphatic heterocycles. The summed E-state index contributed by atoms with van der Waals surface area (Å²) >= 11 is 0. The Hall–Kier alpha value is -1.89. The normalized spacial score (nSPS) is 21.4. The summed E-state index contributed by atoms with van der Waals surface area (Å²) < 4.78 is 13.7. The third-order valence-electron chi connectivity index (χ3n) is 14.2. The number of hydrogen-bond acceptors (Lipinski definition) is 6. The molecule has 7 nitrogen and oxygen atoms in total. The molecule has 1 heterocycles. The summed E-state index contributed by atoms with van der Waals surface area (Å²) in [6, 6.07) is 0. The monoisotopic (exact) mass is 796 g/mol. The molecule has 4 aliphatic rings. The van der Waals surface area contributed by atoms with Crippen LogP contribution in [0.25, 0.3) is 0 Å². The summed E-state index contributed by atoms with van der Waals surface area (Å²) in [6.07, 6.45) is 44.9. The fourth-order valence-corrected chi connectivity index (χ4v) is 11.1. The van der Waals surface area contributed by atoms with Crippen LogP contribution in [0.15, 0.2) is 18.7 Å². The van der Waals surface area contributed by atoms with E-state index in [1.807, 2.05) is 12.5 Å². The molecule has 1 aromatic rings. The summed E-state index contributed by atoms with van der Waals surface area (Å²) in [5.41, 5.74) is 0.268. The number of nitrogens with zero attached hydrogens (tertiary/aromatic N) is 3. The molecule has 1 aromatic heterocycles. The van der Waals surface area contributed by atoms with E-state index in [1.165, 1.54) is 167 Å². The first-order valence-electron chi connectivity index (χ1n) is 25.0. The van der Waals surface area contributed by atoms with Gasteiger partial charge >= 0.3 is 11.9 Å². The van der Waals surface area contributed by atoms with Gasteiger partial charge in [-0.3, -0.25) is 9.59 Å². The second-order valence-electron chi connectivity index (χ2n) is 19.4. The Labute approximate surface area is 351 Å². The van der Waals surface area contributed by atoms with E-state index in [-0.39, 0.29) is 17.4 Å². The van der Waals surface area contributed by atoms with Crippen molar-refractivity contribution in [2.45, 2.75) is 226 Å². The number of fused-ring (bicyclic) bond motifs is 1. The highest BCUT2D eigenvalue weighted by molar-refractivity contribution is 5.70. The molecular formula is C50H89N3O4. The van der Waals surface area contributed by atoms with Gasteiger partial charge in [-0.1, -0.05) is 123 Å². The number of ether oxygens (including phenoxy) is 2. The highest BCUT2D eigenvalue weighted by atomic mass is 16.5. The Morgan fingerprint density at radius 2 is 1.25 bits per heavy atom. The number of unbranched alkanes of at least 4 members (excludes halogenated alkanes) is 15. The van der Waals surface area contributed by atoms with E-state index < -0.39 is 0 Å². The van der Waals surface area contributed by atoms with Crippen LogP contribution < -0.4 is 0 Å². The number of aromatic nitrogens is 2. The summed E-state index contributed by atoms with van der Waals surface area (Å²) in [7, 11) is 0. The molecule has 2 unspecified atom stereocenters. The van der Waals surface area contributed by atoms with Gasteiger partial charge in [0, 0.05) is 25.4 Å². The molecule has 5 rings (SSSR count). The Kier molecular flexibility index (Phi) is 24.6. The molecule has 7 heteroatoms. The minimum atomic E-state index is 0.0101. The van der Waals surface area contributed by atoms with Gasteiger partial charge in [-0.25, -0.2) is 4.98 Å². The lowest BCUT2D eigenvalue weighted by Crippen LogP contribution is -2.36. The molecular weight excluding hydrogens is 707 g/mol. The van der Waals surface area contributed by atoms with Gasteiger partial charge in [-0.05, 0) is 132 Å². The second kappa shape index (κ2) is 29.4. The lowest BCUT2D eigenvalue weighted by molar-refractivity contribution is -0.148. The molecule has 4 fully saturated rings. The fraction of sp³-hybridized carbons (Fsp3) is 0.900. The first-order valence-corrected chi connectivity index (χ1v) is 25.0. The third kappa shape index (κ3) is 20.8. The Morgan fingerprint density at radius 3 is 1.89 bits per heavy atom. The van der Waals surface area contributed by atoms with Crippen molar-refractivity contribution in [2.24, 2.45) is 29.1 Å². The quantitative estimate of drug-likeness (QED) is 0.0497. The molecule has 0 spiro atoms. The summed E-state index contributed by atoms with van der Waals surface area (Å²) in [6.45, 7) is 10.3. The molecule has 0 amide bonds. The van der Waals surface area contributed by atoms with Gasteiger partial charge in [0.2, 0.25) is 0 Å². The van der Waals surface area contributed by atoms with Gasteiger partial charge in [-0.15, -0.1) is 0 Å². The number of imidazole rings is 1. The molecule has 0 radical (unpaired) electrons. The molecule has 57 heavy (non-hydrogen) atoms. The van der Waals surface area contributed by atoms with Crippen molar-refractivity contribution in [3.05, 3.63) is 18.7 Å². The number of rotatable bonds is 36. The van der Waals surface area contributed by atoms with Gasteiger partial charge < -0.3 is 18.9 Å². The standard InChI is InChI=1S/C50H89N3O4/c1-3-5-7-16-23-44(24-17-8-6-4-2)27-36-57-48(54)25-18-12-11-14-20-31-52(32-22-33-53-34-29-51-43-53)30-19-13-9-10-15-21-35-56-49(55)42-50-28-26-45-37-46(40-50)39-47(38-45)41-50/h29,34,43-47H,3-28,30-33,35-42H2,1-2H3. The molecule has 2 atom stereocenters. The van der Waals surface area contributed by atoms with E-state index in [0.717, 1.165) is 75.3 Å². The Morgan fingerprint density at radius 1 is 0.667 bits per heavy atom. The maximum atomic E-state index is 12.9. The second-order valence-corrected chi connectivity index (χ2v) is 19.4. The highest BCUT2D eigenvalue weighted by Gasteiger charge is 2.48. The van der Waals surface area contributed by atoms with Gasteiger partial charge in [0.15, 0.2) is 0 Å². The third-order valence-corrected chi connectivity index (χ3v) is 14.2. The zero-order valence-electron chi connectivity index (χ0n) is 37.4. The minimum Gasteiger partial charge on any atom is -0.466 e. The van der Waals surface area contributed by atoms with E-state index in [9.17, 15) is 9.59 Å². The van der Waals surface area contributed by atoms with Crippen LogP contribution in [0.3, 0.4) is 0 Å². The van der Waals surface area contributed by atoms with E-state index in [4.69, 9.17) is 9.47 Å². The topological polar surface area (TPSA) is 73.7 Å². The predicted molar refractivity (Wildman–Crippen MR) is 236 cm³/mol. The lowest BCUT2D eigenvalue weighted by Gasteiger charge is -2.45. The van der Waals surface area contributed by atoms with Crippen LogP contribution in [0.2, 0.25) is 0 Å². The molecule has 4 bridgehead atoms. The molecule has 328 valence electrons. The summed E-state index contributed by atoms with van der Waals surface area (Å²) in [4.78, 5) is 32.2. The number of esters is 2. The van der Waals surface area contributed by atoms with Gasteiger partial charge in [-0.2, -0.15) is 0 Å². The zero-order chi connectivity index (χ0) is 40.2. The van der Waals surface area contributed by atoms with Crippen molar-refractivity contribution >= 4 is 11.9 Å². The zero-order valence-corrected chi connectivity index (χ0v) is 37.4. The number of carbonyl (C=O) groups excluding carboxylic acids is 2. The van der Waals surface area contributed by atoms with Crippen LogP contribution in [0.4, 0.5) is 0 Å². The molecule has 4 saturated carbocycles. The van der Waals surface area contributed by atoms with E-state index in [1.54, 1.807) is 0 Å². The summed E-state index contributed by atoms with van der Waals surface area (Å²) in [5.74, 6) is 3.52. The predicted octanol–water partition coefficient (Wildman–Crippen LogP) is 13.3. The van der Waals surface area contributed by atoms with Crippen LogP contribution in [0.5, 0.6) is 0 Å². The van der Waals surface area contributed by atoms with Crippen LogP contribution in [-0.2, 0) is 25.6 Å². The number of aryl methyl sites for hydroxylation is 1. The number of carbonyl (C=O) groups is 2. The molecule has 4 aliphatic carbocycles. The van der Waals surface area contributed by atoms with E-state index in [0.29, 0.717) is 26.1 Å². The molecule has 0 saturated heterocycles. The SMILES string of the molecule is CCCCCCC(CCCCCC)CCOC(=O)CCCCCCCN(CCCCCCCCOC(=O)CC12CCC3CC(CC(C3)C1)C2)CCCn1ccnc1. The Bertz CT molecular complexity index is 1130. The van der Waals surface area contributed by atoms with Crippen LogP contribution in [0.1, 0.15) is 219 Å². The Balaban J connectivity index is 0.994. The van der Waals surface area contributed by atoms with Crippen LogP contribution in [-0.4, -0.2) is 59.2 Å².